The van der Waals surface area contributed by atoms with Gasteiger partial charge in [-0.2, -0.15) is 0 Å². The van der Waals surface area contributed by atoms with E-state index in [0.717, 1.165) is 55.6 Å². The highest BCUT2D eigenvalue weighted by atomic mass is 16.5. The van der Waals surface area contributed by atoms with Gasteiger partial charge in [0.15, 0.2) is 17.5 Å². The molecule has 0 spiro atoms. The summed E-state index contributed by atoms with van der Waals surface area (Å²) in [5.41, 5.74) is 1.11. The largest absolute Gasteiger partial charge is 0.493 e. The number of benzene rings is 1. The monoisotopic (exact) mass is 350 g/mol. The topological polar surface area (TPSA) is 58.1 Å². The molecule has 0 radical (unpaired) electrons. The van der Waals surface area contributed by atoms with Gasteiger partial charge >= 0.3 is 0 Å². The molecule has 142 valence electrons. The van der Waals surface area contributed by atoms with Gasteiger partial charge in [0.25, 0.3) is 0 Å². The minimum absolute atomic E-state index is 0.680. The quantitative estimate of drug-likeness (QED) is 0.365. The predicted octanol–water partition coefficient (Wildman–Crippen LogP) is 2.49. The molecular weight excluding hydrogens is 316 g/mol. The number of unbranched alkanes of at least 4 members (excludes halogenated alkanes) is 1. The summed E-state index contributed by atoms with van der Waals surface area (Å²) in [7, 11) is 5.08. The van der Waals surface area contributed by atoms with E-state index in [-0.39, 0.29) is 0 Å². The van der Waals surface area contributed by atoms with E-state index in [9.17, 15) is 0 Å². The minimum Gasteiger partial charge on any atom is -0.493 e. The number of methoxy groups -OCH3 is 2. The summed E-state index contributed by atoms with van der Waals surface area (Å²) in [4.78, 5) is 6.72. The molecule has 0 atom stereocenters. The molecule has 0 fully saturated rings. The van der Waals surface area contributed by atoms with Gasteiger partial charge < -0.3 is 25.0 Å². The summed E-state index contributed by atoms with van der Waals surface area (Å²) in [5, 5.41) is 6.69. The Morgan fingerprint density at radius 3 is 2.36 bits per heavy atom. The number of hydrogen-bond acceptors (Lipinski definition) is 4. The number of ether oxygens (including phenoxy) is 2. The van der Waals surface area contributed by atoms with Crippen LogP contribution >= 0.6 is 0 Å². The van der Waals surface area contributed by atoms with Crippen molar-refractivity contribution in [2.24, 2.45) is 4.99 Å². The van der Waals surface area contributed by atoms with Gasteiger partial charge in [0, 0.05) is 20.1 Å². The van der Waals surface area contributed by atoms with Gasteiger partial charge in [0.1, 0.15) is 0 Å². The number of rotatable bonds is 11. The van der Waals surface area contributed by atoms with Gasteiger partial charge in [0.05, 0.1) is 14.2 Å². The van der Waals surface area contributed by atoms with Crippen molar-refractivity contribution in [3.05, 3.63) is 23.8 Å². The highest BCUT2D eigenvalue weighted by Gasteiger charge is 2.05. The lowest BCUT2D eigenvalue weighted by molar-refractivity contribution is 0.297. The van der Waals surface area contributed by atoms with E-state index in [1.165, 1.54) is 6.42 Å². The molecule has 1 rings (SSSR count). The SMILES string of the molecule is CCN(CC)CCCCNC(=NC)NCc1ccc(OC)c(OC)c1. The van der Waals surface area contributed by atoms with Crippen LogP contribution in [0.2, 0.25) is 0 Å². The van der Waals surface area contributed by atoms with E-state index in [1.54, 1.807) is 21.3 Å². The van der Waals surface area contributed by atoms with Crippen LogP contribution in [0.1, 0.15) is 32.3 Å². The molecule has 0 aliphatic carbocycles. The number of aliphatic imine (C=N–C) groups is 1. The molecule has 25 heavy (non-hydrogen) atoms. The lowest BCUT2D eigenvalue weighted by atomic mass is 10.2. The molecule has 1 aromatic carbocycles. The first-order valence-corrected chi connectivity index (χ1v) is 9.06. The fraction of sp³-hybridized carbons (Fsp3) is 0.632. The van der Waals surface area contributed by atoms with Crippen LogP contribution in [0.25, 0.3) is 0 Å². The maximum absolute atomic E-state index is 5.34. The van der Waals surface area contributed by atoms with Crippen LogP contribution in [-0.4, -0.2) is 58.3 Å². The summed E-state index contributed by atoms with van der Waals surface area (Å²) in [6.45, 7) is 9.43. The van der Waals surface area contributed by atoms with Crippen molar-refractivity contribution in [2.75, 3.05) is 47.4 Å². The number of hydrogen-bond donors (Lipinski definition) is 2. The van der Waals surface area contributed by atoms with Gasteiger partial charge in [-0.3, -0.25) is 4.99 Å². The molecular formula is C19H34N4O2. The van der Waals surface area contributed by atoms with Crippen LogP contribution in [0.3, 0.4) is 0 Å². The van der Waals surface area contributed by atoms with Crippen molar-refractivity contribution in [3.63, 3.8) is 0 Å². The number of nitrogens with zero attached hydrogens (tertiary/aromatic N) is 2. The third-order valence-corrected chi connectivity index (χ3v) is 4.22. The summed E-state index contributed by atoms with van der Waals surface area (Å²) in [6, 6.07) is 5.91. The zero-order chi connectivity index (χ0) is 18.5. The lowest BCUT2D eigenvalue weighted by Gasteiger charge is -2.18. The first kappa shape index (κ1) is 21.1. The second-order valence-electron chi connectivity index (χ2n) is 5.78. The van der Waals surface area contributed by atoms with E-state index in [4.69, 9.17) is 9.47 Å². The first-order chi connectivity index (χ1) is 12.2. The molecule has 0 bridgehead atoms. The first-order valence-electron chi connectivity index (χ1n) is 9.06. The van der Waals surface area contributed by atoms with E-state index in [0.29, 0.717) is 6.54 Å². The molecule has 0 amide bonds. The molecule has 1 aromatic rings. The van der Waals surface area contributed by atoms with Crippen molar-refractivity contribution >= 4 is 5.96 Å². The predicted molar refractivity (Wildman–Crippen MR) is 105 cm³/mol. The molecule has 0 aliphatic rings. The molecule has 0 aliphatic heterocycles. The van der Waals surface area contributed by atoms with Crippen LogP contribution in [0.4, 0.5) is 0 Å². The van der Waals surface area contributed by atoms with Crippen molar-refractivity contribution in [2.45, 2.75) is 33.2 Å². The highest BCUT2D eigenvalue weighted by molar-refractivity contribution is 5.79. The molecule has 0 saturated carbocycles. The molecule has 0 unspecified atom stereocenters. The standard InChI is InChI=1S/C19H34N4O2/c1-6-23(7-2)13-9-8-12-21-19(20-3)22-15-16-10-11-17(24-4)18(14-16)25-5/h10-11,14H,6-9,12-13,15H2,1-5H3,(H2,20,21,22). The van der Waals surface area contributed by atoms with Gasteiger partial charge in [-0.05, 0) is 50.2 Å². The molecule has 2 N–H and O–H groups in total. The summed E-state index contributed by atoms with van der Waals surface area (Å²) < 4.78 is 10.6. The Balaban J connectivity index is 2.35. The third-order valence-electron chi connectivity index (χ3n) is 4.22. The normalized spacial score (nSPS) is 11.5. The zero-order valence-electron chi connectivity index (χ0n) is 16.4. The van der Waals surface area contributed by atoms with Crippen LogP contribution in [-0.2, 0) is 6.54 Å². The lowest BCUT2D eigenvalue weighted by Crippen LogP contribution is -2.37. The van der Waals surface area contributed by atoms with E-state index in [2.05, 4.69) is 34.4 Å². The summed E-state index contributed by atoms with van der Waals surface area (Å²) >= 11 is 0. The molecule has 0 heterocycles. The Morgan fingerprint density at radius 2 is 1.76 bits per heavy atom. The second-order valence-corrected chi connectivity index (χ2v) is 5.78. The van der Waals surface area contributed by atoms with Gasteiger partial charge in [0.2, 0.25) is 0 Å². The Kier molecular flexibility index (Phi) is 10.5. The van der Waals surface area contributed by atoms with Gasteiger partial charge in [-0.25, -0.2) is 0 Å². The van der Waals surface area contributed by atoms with Crippen molar-refractivity contribution in [1.82, 2.24) is 15.5 Å². The average molecular weight is 351 g/mol. The van der Waals surface area contributed by atoms with E-state index in [1.807, 2.05) is 18.2 Å². The van der Waals surface area contributed by atoms with Gasteiger partial charge in [-0.1, -0.05) is 19.9 Å². The Bertz CT molecular complexity index is 516. The minimum atomic E-state index is 0.680. The van der Waals surface area contributed by atoms with Crippen LogP contribution < -0.4 is 20.1 Å². The molecule has 0 saturated heterocycles. The van der Waals surface area contributed by atoms with E-state index < -0.39 is 0 Å². The number of guanidine groups is 1. The zero-order valence-corrected chi connectivity index (χ0v) is 16.4. The van der Waals surface area contributed by atoms with Gasteiger partial charge in [-0.15, -0.1) is 0 Å². The smallest absolute Gasteiger partial charge is 0.191 e. The highest BCUT2D eigenvalue weighted by Crippen LogP contribution is 2.27. The summed E-state index contributed by atoms with van der Waals surface area (Å²) in [6.07, 6.45) is 2.33. The third kappa shape index (κ3) is 7.65. The number of nitrogens with one attached hydrogen (secondary N) is 2. The van der Waals surface area contributed by atoms with Crippen LogP contribution in [0.15, 0.2) is 23.2 Å². The second kappa shape index (κ2) is 12.4. The average Bonchev–Trinajstić information content (AvgIpc) is 2.66. The van der Waals surface area contributed by atoms with Crippen molar-refractivity contribution in [3.8, 4) is 11.5 Å². The fourth-order valence-electron chi connectivity index (χ4n) is 2.60. The van der Waals surface area contributed by atoms with Crippen LogP contribution in [0, 0.1) is 0 Å². The van der Waals surface area contributed by atoms with E-state index >= 15 is 0 Å². The van der Waals surface area contributed by atoms with Crippen LogP contribution in [0.5, 0.6) is 11.5 Å². The fourth-order valence-corrected chi connectivity index (χ4v) is 2.60. The Morgan fingerprint density at radius 1 is 1.04 bits per heavy atom. The molecule has 6 nitrogen and oxygen atoms in total. The Labute approximate surface area is 152 Å². The summed E-state index contributed by atoms with van der Waals surface area (Å²) in [5.74, 6) is 2.29. The van der Waals surface area contributed by atoms with Crippen molar-refractivity contribution in [1.29, 1.82) is 0 Å². The molecule has 0 aromatic heterocycles. The molecule has 6 heteroatoms. The maximum atomic E-state index is 5.34. The maximum Gasteiger partial charge on any atom is 0.191 e. The van der Waals surface area contributed by atoms with Crippen molar-refractivity contribution < 1.29 is 9.47 Å². The Hall–Kier alpha value is -1.95.